The summed E-state index contributed by atoms with van der Waals surface area (Å²) in [4.78, 5) is 9.45. The first kappa shape index (κ1) is 20.2. The Labute approximate surface area is 165 Å². The molecule has 0 spiro atoms. The minimum absolute atomic E-state index is 0.252. The molecule has 150 valence electrons. The first-order valence-corrected chi connectivity index (χ1v) is 10.6. The van der Waals surface area contributed by atoms with Crippen molar-refractivity contribution in [1.82, 2.24) is 20.4 Å². The summed E-state index contributed by atoms with van der Waals surface area (Å²) in [7, 11) is 4.08. The molecule has 2 fully saturated rings. The molecule has 0 bridgehead atoms. The van der Waals surface area contributed by atoms with E-state index in [2.05, 4.69) is 69.7 Å². The second kappa shape index (κ2) is 9.56. The molecular formula is C22H37N5. The SMILES string of the molecule is CN=C(NCC(C)N1CCN(C)CC1)NCC1(c2ccccc2)CCCC1. The molecule has 1 atom stereocenters. The third kappa shape index (κ3) is 5.23. The molecule has 0 aromatic heterocycles. The van der Waals surface area contributed by atoms with Gasteiger partial charge in [0.15, 0.2) is 5.96 Å². The van der Waals surface area contributed by atoms with Crippen molar-refractivity contribution < 1.29 is 0 Å². The largest absolute Gasteiger partial charge is 0.356 e. The van der Waals surface area contributed by atoms with E-state index in [1.807, 2.05) is 7.05 Å². The van der Waals surface area contributed by atoms with Crippen molar-refractivity contribution in [3.63, 3.8) is 0 Å². The number of hydrogen-bond donors (Lipinski definition) is 2. The van der Waals surface area contributed by atoms with Crippen LogP contribution in [0, 0.1) is 0 Å². The highest BCUT2D eigenvalue weighted by Crippen LogP contribution is 2.40. The van der Waals surface area contributed by atoms with Crippen LogP contribution in [0.3, 0.4) is 0 Å². The van der Waals surface area contributed by atoms with Crippen LogP contribution >= 0.6 is 0 Å². The molecule has 27 heavy (non-hydrogen) atoms. The molecule has 5 heteroatoms. The number of nitrogens with zero attached hydrogens (tertiary/aromatic N) is 3. The van der Waals surface area contributed by atoms with Crippen molar-refractivity contribution in [1.29, 1.82) is 0 Å². The predicted octanol–water partition coefficient (Wildman–Crippen LogP) is 2.30. The zero-order chi connectivity index (χ0) is 19.1. The molecule has 1 aromatic rings. The van der Waals surface area contributed by atoms with Gasteiger partial charge in [0.25, 0.3) is 0 Å². The van der Waals surface area contributed by atoms with Crippen LogP contribution in [-0.2, 0) is 5.41 Å². The lowest BCUT2D eigenvalue weighted by Gasteiger charge is -2.36. The lowest BCUT2D eigenvalue weighted by atomic mass is 9.79. The summed E-state index contributed by atoms with van der Waals surface area (Å²) in [6.45, 7) is 8.84. The molecule has 1 aliphatic heterocycles. The highest BCUT2D eigenvalue weighted by Gasteiger charge is 2.35. The van der Waals surface area contributed by atoms with E-state index < -0.39 is 0 Å². The lowest BCUT2D eigenvalue weighted by molar-refractivity contribution is 0.120. The lowest BCUT2D eigenvalue weighted by Crippen LogP contribution is -2.53. The Morgan fingerprint density at radius 3 is 2.37 bits per heavy atom. The number of hydrogen-bond acceptors (Lipinski definition) is 3. The highest BCUT2D eigenvalue weighted by atomic mass is 15.3. The molecular weight excluding hydrogens is 334 g/mol. The van der Waals surface area contributed by atoms with E-state index >= 15 is 0 Å². The Balaban J connectivity index is 1.51. The summed E-state index contributed by atoms with van der Waals surface area (Å²) in [5, 5.41) is 7.18. The number of piperazine rings is 1. The van der Waals surface area contributed by atoms with E-state index in [1.165, 1.54) is 31.2 Å². The van der Waals surface area contributed by atoms with Gasteiger partial charge < -0.3 is 15.5 Å². The Morgan fingerprint density at radius 2 is 1.74 bits per heavy atom. The molecule has 1 heterocycles. The molecule has 2 N–H and O–H groups in total. The molecule has 0 amide bonds. The fourth-order valence-corrected chi connectivity index (χ4v) is 4.52. The molecule has 1 saturated heterocycles. The van der Waals surface area contributed by atoms with Crippen LogP contribution in [0.25, 0.3) is 0 Å². The zero-order valence-corrected chi connectivity index (χ0v) is 17.4. The summed E-state index contributed by atoms with van der Waals surface area (Å²) in [5.74, 6) is 0.929. The fourth-order valence-electron chi connectivity index (χ4n) is 4.52. The van der Waals surface area contributed by atoms with Gasteiger partial charge in [0, 0.05) is 57.8 Å². The van der Waals surface area contributed by atoms with Gasteiger partial charge in [-0.05, 0) is 32.4 Å². The number of aliphatic imine (C=N–C) groups is 1. The van der Waals surface area contributed by atoms with Gasteiger partial charge in [0.05, 0.1) is 0 Å². The minimum Gasteiger partial charge on any atom is -0.356 e. The molecule has 3 rings (SSSR count). The van der Waals surface area contributed by atoms with Crippen molar-refractivity contribution in [2.75, 3.05) is 53.4 Å². The molecule has 0 radical (unpaired) electrons. The van der Waals surface area contributed by atoms with E-state index in [0.29, 0.717) is 6.04 Å². The third-order valence-corrected chi connectivity index (χ3v) is 6.49. The first-order chi connectivity index (χ1) is 13.1. The van der Waals surface area contributed by atoms with E-state index in [1.54, 1.807) is 0 Å². The Morgan fingerprint density at radius 1 is 1.07 bits per heavy atom. The van der Waals surface area contributed by atoms with E-state index in [9.17, 15) is 0 Å². The number of guanidine groups is 1. The summed E-state index contributed by atoms with van der Waals surface area (Å²) in [5.41, 5.74) is 1.72. The Hall–Kier alpha value is -1.59. The second-order valence-electron chi connectivity index (χ2n) is 8.35. The van der Waals surface area contributed by atoms with Crippen molar-refractivity contribution in [2.45, 2.75) is 44.1 Å². The summed E-state index contributed by atoms with van der Waals surface area (Å²) in [6.07, 6.45) is 5.17. The van der Waals surface area contributed by atoms with Crippen LogP contribution < -0.4 is 10.6 Å². The Kier molecular flexibility index (Phi) is 7.13. The van der Waals surface area contributed by atoms with Gasteiger partial charge in [0.1, 0.15) is 0 Å². The maximum absolute atomic E-state index is 4.47. The van der Waals surface area contributed by atoms with Gasteiger partial charge >= 0.3 is 0 Å². The van der Waals surface area contributed by atoms with E-state index in [4.69, 9.17) is 0 Å². The molecule has 2 aliphatic rings. The molecule has 1 aliphatic carbocycles. The predicted molar refractivity (Wildman–Crippen MR) is 114 cm³/mol. The number of likely N-dealkylation sites (N-methyl/N-ethyl adjacent to an activating group) is 1. The molecule has 1 saturated carbocycles. The van der Waals surface area contributed by atoms with E-state index in [0.717, 1.165) is 45.2 Å². The zero-order valence-electron chi connectivity index (χ0n) is 17.4. The average Bonchev–Trinajstić information content (AvgIpc) is 3.19. The maximum Gasteiger partial charge on any atom is 0.191 e. The minimum atomic E-state index is 0.252. The van der Waals surface area contributed by atoms with Crippen LogP contribution in [0.2, 0.25) is 0 Å². The van der Waals surface area contributed by atoms with Gasteiger partial charge in [-0.25, -0.2) is 0 Å². The normalized spacial score (nSPS) is 22.6. The second-order valence-corrected chi connectivity index (χ2v) is 8.35. The fraction of sp³-hybridized carbons (Fsp3) is 0.682. The van der Waals surface area contributed by atoms with Crippen LogP contribution in [0.15, 0.2) is 35.3 Å². The molecule has 1 aromatic carbocycles. The number of rotatable bonds is 6. The van der Waals surface area contributed by atoms with Gasteiger partial charge in [-0.2, -0.15) is 0 Å². The molecule has 5 nitrogen and oxygen atoms in total. The third-order valence-electron chi connectivity index (χ3n) is 6.49. The van der Waals surface area contributed by atoms with Crippen molar-refractivity contribution in [3.05, 3.63) is 35.9 Å². The van der Waals surface area contributed by atoms with Crippen molar-refractivity contribution in [3.8, 4) is 0 Å². The summed E-state index contributed by atoms with van der Waals surface area (Å²) in [6, 6.07) is 11.5. The standard InChI is InChI=1S/C22H37N5/c1-19(27-15-13-26(3)14-16-27)17-24-21(23-2)25-18-22(11-7-8-12-22)20-9-5-4-6-10-20/h4-6,9-10,19H,7-8,11-18H2,1-3H3,(H2,23,24,25). The van der Waals surface area contributed by atoms with Crippen molar-refractivity contribution >= 4 is 5.96 Å². The monoisotopic (exact) mass is 371 g/mol. The Bertz CT molecular complexity index is 586. The van der Waals surface area contributed by atoms with Gasteiger partial charge in [-0.15, -0.1) is 0 Å². The topological polar surface area (TPSA) is 42.9 Å². The quantitative estimate of drug-likeness (QED) is 0.595. The number of nitrogens with one attached hydrogen (secondary N) is 2. The van der Waals surface area contributed by atoms with Gasteiger partial charge in [-0.1, -0.05) is 43.2 Å². The molecule has 1 unspecified atom stereocenters. The van der Waals surface area contributed by atoms with Gasteiger partial charge in [0.2, 0.25) is 0 Å². The van der Waals surface area contributed by atoms with Crippen LogP contribution in [0.1, 0.15) is 38.2 Å². The average molecular weight is 372 g/mol. The number of benzene rings is 1. The smallest absolute Gasteiger partial charge is 0.191 e. The van der Waals surface area contributed by atoms with Crippen LogP contribution in [0.5, 0.6) is 0 Å². The van der Waals surface area contributed by atoms with E-state index in [-0.39, 0.29) is 5.41 Å². The first-order valence-electron chi connectivity index (χ1n) is 10.6. The van der Waals surface area contributed by atoms with Crippen LogP contribution in [0.4, 0.5) is 0 Å². The van der Waals surface area contributed by atoms with Crippen molar-refractivity contribution in [2.24, 2.45) is 4.99 Å². The summed E-state index contributed by atoms with van der Waals surface area (Å²) >= 11 is 0. The van der Waals surface area contributed by atoms with Gasteiger partial charge in [-0.3, -0.25) is 9.89 Å². The highest BCUT2D eigenvalue weighted by molar-refractivity contribution is 5.79. The summed E-state index contributed by atoms with van der Waals surface area (Å²) < 4.78 is 0. The van der Waals surface area contributed by atoms with Crippen LogP contribution in [-0.4, -0.2) is 75.2 Å². The maximum atomic E-state index is 4.47.